The van der Waals surface area contributed by atoms with E-state index in [1.807, 2.05) is 23.5 Å². The van der Waals surface area contributed by atoms with Gasteiger partial charge in [-0.2, -0.15) is 0 Å². The van der Waals surface area contributed by atoms with Gasteiger partial charge in [-0.1, -0.05) is 25.5 Å². The van der Waals surface area contributed by atoms with Gasteiger partial charge < -0.3 is 4.57 Å². The lowest BCUT2D eigenvalue weighted by atomic mass is 10.2. The predicted molar refractivity (Wildman–Crippen MR) is 80.3 cm³/mol. The first-order valence-electron chi connectivity index (χ1n) is 7.12. The smallest absolute Gasteiger partial charge is 0.215 e. The number of carbonyl (C=O) groups is 1. The number of aromatic nitrogens is 3. The van der Waals surface area contributed by atoms with E-state index < -0.39 is 0 Å². The maximum absolute atomic E-state index is 11.9. The molecule has 0 unspecified atom stereocenters. The largest absolute Gasteiger partial charge is 0.310 e. The predicted octanol–water partition coefficient (Wildman–Crippen LogP) is 3.60. The van der Waals surface area contributed by atoms with Crippen molar-refractivity contribution < 1.29 is 4.79 Å². The van der Waals surface area contributed by atoms with Gasteiger partial charge in [0.15, 0.2) is 5.78 Å². The zero-order chi connectivity index (χ0) is 14.3. The molecule has 0 radical (unpaired) electrons. The minimum atomic E-state index is 0.0633. The number of nitrogens with zero attached hydrogens (tertiary/aromatic N) is 3. The molecule has 3 aromatic rings. The third-order valence-corrected chi connectivity index (χ3v) is 3.76. The van der Waals surface area contributed by atoms with Gasteiger partial charge in [0, 0.05) is 13.5 Å². The average Bonchev–Trinajstić information content (AvgIpc) is 2.90. The maximum Gasteiger partial charge on any atom is 0.215 e. The van der Waals surface area contributed by atoms with Gasteiger partial charge in [0.1, 0.15) is 5.69 Å². The number of aryl methyl sites for hydroxylation is 2. The van der Waals surface area contributed by atoms with Crippen LogP contribution in [0.4, 0.5) is 0 Å². The Kier molecular flexibility index (Phi) is 3.08. The van der Waals surface area contributed by atoms with E-state index in [0.717, 1.165) is 41.9 Å². The van der Waals surface area contributed by atoms with Crippen LogP contribution in [-0.4, -0.2) is 19.7 Å². The third kappa shape index (κ3) is 1.75. The van der Waals surface area contributed by atoms with Crippen LogP contribution in [0.15, 0.2) is 24.3 Å². The van der Waals surface area contributed by atoms with E-state index in [1.165, 1.54) is 0 Å². The molecule has 0 bridgehead atoms. The number of unbranched alkanes of at least 4 members (excludes halogenated alkanes) is 1. The highest BCUT2D eigenvalue weighted by atomic mass is 16.1. The summed E-state index contributed by atoms with van der Waals surface area (Å²) in [6, 6.07) is 8.19. The summed E-state index contributed by atoms with van der Waals surface area (Å²) < 4.78 is 4.22. The highest BCUT2D eigenvalue weighted by Gasteiger charge is 2.19. The van der Waals surface area contributed by atoms with Crippen molar-refractivity contribution in [1.82, 2.24) is 14.0 Å². The van der Waals surface area contributed by atoms with Crippen LogP contribution < -0.4 is 0 Å². The number of fused-ring (bicyclic) bond motifs is 3. The molecule has 0 saturated carbocycles. The molecule has 0 N–H and O–H groups in total. The second-order valence-electron chi connectivity index (χ2n) is 5.23. The quantitative estimate of drug-likeness (QED) is 0.679. The van der Waals surface area contributed by atoms with Gasteiger partial charge in [-0.05, 0) is 25.5 Å². The SMILES string of the molecule is CCCCn1c2ccccc2n2c(C(C)=O)c(C)nc12. The minimum Gasteiger partial charge on any atom is -0.310 e. The molecule has 2 aromatic heterocycles. The summed E-state index contributed by atoms with van der Waals surface area (Å²) in [5.41, 5.74) is 3.71. The molecule has 0 atom stereocenters. The third-order valence-electron chi connectivity index (χ3n) is 3.76. The van der Waals surface area contributed by atoms with E-state index in [4.69, 9.17) is 0 Å². The molecule has 2 heterocycles. The van der Waals surface area contributed by atoms with Gasteiger partial charge in [-0.15, -0.1) is 0 Å². The van der Waals surface area contributed by atoms with Gasteiger partial charge >= 0.3 is 0 Å². The first kappa shape index (κ1) is 12.9. The number of benzene rings is 1. The van der Waals surface area contributed by atoms with Crippen LogP contribution in [0.5, 0.6) is 0 Å². The summed E-state index contributed by atoms with van der Waals surface area (Å²) >= 11 is 0. The first-order valence-corrected chi connectivity index (χ1v) is 7.12. The van der Waals surface area contributed by atoms with Crippen LogP contribution in [-0.2, 0) is 6.54 Å². The lowest BCUT2D eigenvalue weighted by molar-refractivity contribution is 0.101. The van der Waals surface area contributed by atoms with Crippen molar-refractivity contribution in [3.05, 3.63) is 35.7 Å². The molecule has 3 rings (SSSR count). The Morgan fingerprint density at radius 1 is 1.25 bits per heavy atom. The zero-order valence-corrected chi connectivity index (χ0v) is 12.2. The highest BCUT2D eigenvalue weighted by molar-refractivity contribution is 5.97. The molecular formula is C16H19N3O. The minimum absolute atomic E-state index is 0.0633. The number of para-hydroxylation sites is 2. The topological polar surface area (TPSA) is 39.3 Å². The van der Waals surface area contributed by atoms with E-state index in [9.17, 15) is 4.79 Å². The van der Waals surface area contributed by atoms with Crippen molar-refractivity contribution in [2.24, 2.45) is 0 Å². The van der Waals surface area contributed by atoms with Crippen LogP contribution >= 0.6 is 0 Å². The molecule has 104 valence electrons. The Labute approximate surface area is 118 Å². The molecular weight excluding hydrogens is 250 g/mol. The molecule has 0 saturated heterocycles. The van der Waals surface area contributed by atoms with E-state index >= 15 is 0 Å². The van der Waals surface area contributed by atoms with Gasteiger partial charge in [0.05, 0.1) is 16.7 Å². The molecule has 0 spiro atoms. The fourth-order valence-electron chi connectivity index (χ4n) is 2.86. The van der Waals surface area contributed by atoms with Crippen LogP contribution in [0.2, 0.25) is 0 Å². The molecule has 0 aliphatic rings. The Morgan fingerprint density at radius 3 is 2.60 bits per heavy atom. The summed E-state index contributed by atoms with van der Waals surface area (Å²) in [6.07, 6.45) is 2.24. The van der Waals surface area contributed by atoms with Crippen molar-refractivity contribution in [2.45, 2.75) is 40.2 Å². The van der Waals surface area contributed by atoms with Gasteiger partial charge in [-0.3, -0.25) is 9.20 Å². The Balaban J connectivity index is 2.40. The molecule has 4 heteroatoms. The van der Waals surface area contributed by atoms with Crippen LogP contribution in [0.1, 0.15) is 42.9 Å². The van der Waals surface area contributed by atoms with Crippen molar-refractivity contribution in [3.8, 4) is 0 Å². The van der Waals surface area contributed by atoms with Crippen molar-refractivity contribution in [2.75, 3.05) is 0 Å². The molecule has 1 aromatic carbocycles. The standard InChI is InChI=1S/C16H19N3O/c1-4-5-10-18-13-8-6-7-9-14(13)19-15(12(3)20)11(2)17-16(18)19/h6-9H,4-5,10H2,1-3H3. The van der Waals surface area contributed by atoms with Crippen molar-refractivity contribution in [1.29, 1.82) is 0 Å². The molecule has 0 fully saturated rings. The lowest BCUT2D eigenvalue weighted by Crippen LogP contribution is -2.00. The molecule has 20 heavy (non-hydrogen) atoms. The summed E-state index contributed by atoms with van der Waals surface area (Å²) in [6.45, 7) is 6.62. The first-order chi connectivity index (χ1) is 9.65. The second-order valence-corrected chi connectivity index (χ2v) is 5.23. The van der Waals surface area contributed by atoms with Crippen LogP contribution in [0.3, 0.4) is 0 Å². The fraction of sp³-hybridized carbons (Fsp3) is 0.375. The van der Waals surface area contributed by atoms with Crippen molar-refractivity contribution >= 4 is 22.6 Å². The number of hydrogen-bond acceptors (Lipinski definition) is 2. The average molecular weight is 269 g/mol. The fourth-order valence-corrected chi connectivity index (χ4v) is 2.86. The normalized spacial score (nSPS) is 11.6. The van der Waals surface area contributed by atoms with E-state index in [1.54, 1.807) is 6.92 Å². The summed E-state index contributed by atoms with van der Waals surface area (Å²) in [5.74, 6) is 0.941. The lowest BCUT2D eigenvalue weighted by Gasteiger charge is -2.02. The number of imidazole rings is 2. The molecule has 0 aliphatic heterocycles. The molecule has 0 amide bonds. The van der Waals surface area contributed by atoms with Gasteiger partial charge in [0.2, 0.25) is 5.78 Å². The van der Waals surface area contributed by atoms with Crippen LogP contribution in [0, 0.1) is 6.92 Å². The highest BCUT2D eigenvalue weighted by Crippen LogP contribution is 2.24. The van der Waals surface area contributed by atoms with E-state index in [2.05, 4.69) is 28.6 Å². The Hall–Kier alpha value is -2.10. The van der Waals surface area contributed by atoms with Gasteiger partial charge in [0.25, 0.3) is 0 Å². The maximum atomic E-state index is 11.9. The number of ketones is 1. The van der Waals surface area contributed by atoms with Gasteiger partial charge in [-0.25, -0.2) is 4.98 Å². The number of hydrogen-bond donors (Lipinski definition) is 0. The summed E-state index contributed by atoms with van der Waals surface area (Å²) in [4.78, 5) is 16.6. The number of carbonyl (C=O) groups excluding carboxylic acids is 1. The summed E-state index contributed by atoms with van der Waals surface area (Å²) in [5, 5.41) is 0. The number of Topliss-reactive ketones (excluding diaryl/α,β-unsaturated/α-hetero) is 1. The summed E-state index contributed by atoms with van der Waals surface area (Å²) in [7, 11) is 0. The zero-order valence-electron chi connectivity index (χ0n) is 12.2. The Bertz CT molecular complexity index is 795. The second kappa shape index (κ2) is 4.78. The van der Waals surface area contributed by atoms with E-state index in [-0.39, 0.29) is 5.78 Å². The molecule has 0 aliphatic carbocycles. The molecule has 4 nitrogen and oxygen atoms in total. The van der Waals surface area contributed by atoms with Crippen LogP contribution in [0.25, 0.3) is 16.8 Å². The van der Waals surface area contributed by atoms with E-state index in [0.29, 0.717) is 5.69 Å². The Morgan fingerprint density at radius 2 is 1.95 bits per heavy atom. The van der Waals surface area contributed by atoms with Crippen molar-refractivity contribution in [3.63, 3.8) is 0 Å². The number of rotatable bonds is 4. The monoisotopic (exact) mass is 269 g/mol.